The Kier molecular flexibility index (Phi) is 5.58. The van der Waals surface area contributed by atoms with E-state index in [1.165, 1.54) is 0 Å². The molecule has 3 heterocycles. The molecule has 3 amide bonds. The largest absolute Gasteiger partial charge is 0.348 e. The number of nitrogens with one attached hydrogen (secondary N) is 2. The Hall–Kier alpha value is -2.41. The molecule has 1 saturated heterocycles. The molecule has 0 saturated carbocycles. The highest BCUT2D eigenvalue weighted by atomic mass is 16.2. The van der Waals surface area contributed by atoms with E-state index in [4.69, 9.17) is 0 Å². The Morgan fingerprint density at radius 1 is 1.03 bits per heavy atom. The van der Waals surface area contributed by atoms with Crippen molar-refractivity contribution >= 4 is 29.1 Å². The van der Waals surface area contributed by atoms with Gasteiger partial charge in [-0.05, 0) is 81.8 Å². The van der Waals surface area contributed by atoms with E-state index in [1.54, 1.807) is 0 Å². The van der Waals surface area contributed by atoms with Gasteiger partial charge in [-0.3, -0.25) is 14.4 Å². The summed E-state index contributed by atoms with van der Waals surface area (Å²) in [4.78, 5) is 40.9. The van der Waals surface area contributed by atoms with E-state index in [1.807, 2.05) is 17.0 Å². The van der Waals surface area contributed by atoms with Gasteiger partial charge in [-0.2, -0.15) is 0 Å². The van der Waals surface area contributed by atoms with Crippen LogP contribution >= 0.6 is 0 Å². The molecule has 0 aliphatic carbocycles. The van der Waals surface area contributed by atoms with Gasteiger partial charge < -0.3 is 20.4 Å². The molecule has 0 atom stereocenters. The second-order valence-corrected chi connectivity index (χ2v) is 8.68. The number of benzene rings is 1. The zero-order chi connectivity index (χ0) is 20.5. The third-order valence-electron chi connectivity index (χ3n) is 6.45. The molecule has 3 aliphatic rings. The lowest BCUT2D eigenvalue weighted by molar-refractivity contribution is -0.136. The molecule has 2 N–H and O–H groups in total. The van der Waals surface area contributed by atoms with Gasteiger partial charge in [0.05, 0.1) is 5.69 Å². The van der Waals surface area contributed by atoms with Gasteiger partial charge in [-0.1, -0.05) is 0 Å². The summed E-state index contributed by atoms with van der Waals surface area (Å²) in [7, 11) is 0. The van der Waals surface area contributed by atoms with Crippen LogP contribution in [0, 0.1) is 5.92 Å². The molecule has 0 spiro atoms. The average Bonchev–Trinajstić information content (AvgIpc) is 3.14. The van der Waals surface area contributed by atoms with Crippen molar-refractivity contribution in [1.82, 2.24) is 10.2 Å². The van der Waals surface area contributed by atoms with Crippen LogP contribution in [0.1, 0.15) is 44.2 Å². The monoisotopic (exact) mass is 398 g/mol. The van der Waals surface area contributed by atoms with Gasteiger partial charge >= 0.3 is 11.8 Å². The van der Waals surface area contributed by atoms with Gasteiger partial charge in [0.2, 0.25) is 5.91 Å². The molecule has 0 unspecified atom stereocenters. The highest BCUT2D eigenvalue weighted by Gasteiger charge is 2.31. The fourth-order valence-electron chi connectivity index (χ4n) is 4.71. The summed E-state index contributed by atoms with van der Waals surface area (Å²) < 4.78 is 0. The van der Waals surface area contributed by atoms with Crippen LogP contribution in [0.2, 0.25) is 0 Å². The summed E-state index contributed by atoms with van der Waals surface area (Å²) in [5.41, 5.74) is 3.80. The maximum absolute atomic E-state index is 12.4. The number of amides is 3. The van der Waals surface area contributed by atoms with Gasteiger partial charge in [0.15, 0.2) is 0 Å². The lowest BCUT2D eigenvalue weighted by Crippen LogP contribution is -2.43. The molecule has 0 bridgehead atoms. The van der Waals surface area contributed by atoms with Crippen molar-refractivity contribution in [2.45, 2.75) is 52.0 Å². The zero-order valence-corrected chi connectivity index (χ0v) is 17.3. The third kappa shape index (κ3) is 4.15. The van der Waals surface area contributed by atoms with Crippen LogP contribution in [0.5, 0.6) is 0 Å². The molecular formula is C22H30N4O3. The Balaban J connectivity index is 1.31. The Bertz CT molecular complexity index is 828. The summed E-state index contributed by atoms with van der Waals surface area (Å²) in [5, 5.41) is 5.54. The molecule has 1 aromatic carbocycles. The minimum absolute atomic E-state index is 0.173. The van der Waals surface area contributed by atoms with E-state index in [9.17, 15) is 14.4 Å². The molecule has 29 heavy (non-hydrogen) atoms. The standard InChI is InChI=1S/C22H30N4O3/c1-14(2)25-8-5-15(6-9-25)13-23-21(28)22(29)24-18-11-16-3-4-19(27)26-10-7-17(12-18)20(16)26/h11-12,14-15H,3-10,13H2,1-2H3,(H,23,28)(H,24,29). The fraction of sp³-hybridized carbons (Fsp3) is 0.591. The van der Waals surface area contributed by atoms with Gasteiger partial charge in [0, 0.05) is 31.2 Å². The SMILES string of the molecule is CC(C)N1CCC(CNC(=O)C(=O)Nc2cc3c4c(c2)CCN4C(=O)CC3)CC1. The van der Waals surface area contributed by atoms with Crippen molar-refractivity contribution in [2.75, 3.05) is 36.4 Å². The summed E-state index contributed by atoms with van der Waals surface area (Å²) in [6.07, 6.45) is 4.06. The van der Waals surface area contributed by atoms with Crippen molar-refractivity contribution in [2.24, 2.45) is 5.92 Å². The van der Waals surface area contributed by atoms with E-state index in [-0.39, 0.29) is 5.91 Å². The van der Waals surface area contributed by atoms with Crippen molar-refractivity contribution in [3.05, 3.63) is 23.3 Å². The number of anilines is 2. The normalized spacial score (nSPS) is 19.4. The molecule has 4 rings (SSSR count). The predicted molar refractivity (Wildman–Crippen MR) is 112 cm³/mol. The van der Waals surface area contributed by atoms with Crippen molar-refractivity contribution in [1.29, 1.82) is 0 Å². The second-order valence-electron chi connectivity index (χ2n) is 8.68. The van der Waals surface area contributed by atoms with Crippen LogP contribution in [0.15, 0.2) is 12.1 Å². The Morgan fingerprint density at radius 2 is 1.72 bits per heavy atom. The van der Waals surface area contributed by atoms with Gasteiger partial charge in [-0.15, -0.1) is 0 Å². The van der Waals surface area contributed by atoms with Gasteiger partial charge in [-0.25, -0.2) is 0 Å². The number of likely N-dealkylation sites (tertiary alicyclic amines) is 1. The van der Waals surface area contributed by atoms with Crippen LogP contribution < -0.4 is 15.5 Å². The quantitative estimate of drug-likeness (QED) is 0.757. The highest BCUT2D eigenvalue weighted by Crippen LogP contribution is 2.38. The molecular weight excluding hydrogens is 368 g/mol. The summed E-state index contributed by atoms with van der Waals surface area (Å²) in [6.45, 7) is 7.74. The molecule has 0 aromatic heterocycles. The van der Waals surface area contributed by atoms with Crippen LogP contribution in [0.3, 0.4) is 0 Å². The van der Waals surface area contributed by atoms with E-state index >= 15 is 0 Å². The summed E-state index contributed by atoms with van der Waals surface area (Å²) in [5.74, 6) is -0.609. The molecule has 1 fully saturated rings. The number of piperidine rings is 1. The Labute approximate surface area is 171 Å². The van der Waals surface area contributed by atoms with Crippen LogP contribution in [0.4, 0.5) is 11.4 Å². The number of hydrogen-bond donors (Lipinski definition) is 2. The van der Waals surface area contributed by atoms with Crippen LogP contribution in [-0.4, -0.2) is 54.8 Å². The van der Waals surface area contributed by atoms with E-state index in [2.05, 4.69) is 29.4 Å². The first-order valence-electron chi connectivity index (χ1n) is 10.7. The minimum Gasteiger partial charge on any atom is -0.348 e. The lowest BCUT2D eigenvalue weighted by Gasteiger charge is -2.34. The fourth-order valence-corrected chi connectivity index (χ4v) is 4.71. The van der Waals surface area contributed by atoms with Gasteiger partial charge in [0.25, 0.3) is 0 Å². The number of carbonyl (C=O) groups is 3. The summed E-state index contributed by atoms with van der Waals surface area (Å²) in [6, 6.07) is 4.35. The highest BCUT2D eigenvalue weighted by molar-refractivity contribution is 6.39. The van der Waals surface area contributed by atoms with Crippen molar-refractivity contribution < 1.29 is 14.4 Å². The molecule has 1 aromatic rings. The van der Waals surface area contributed by atoms with Crippen molar-refractivity contribution in [3.8, 4) is 0 Å². The molecule has 7 nitrogen and oxygen atoms in total. The number of aryl methyl sites for hydroxylation is 1. The van der Waals surface area contributed by atoms with E-state index in [0.717, 1.165) is 49.2 Å². The average molecular weight is 399 g/mol. The summed E-state index contributed by atoms with van der Waals surface area (Å²) >= 11 is 0. The van der Waals surface area contributed by atoms with Gasteiger partial charge in [0.1, 0.15) is 0 Å². The number of nitrogens with zero attached hydrogens (tertiary/aromatic N) is 2. The number of rotatable bonds is 4. The molecule has 7 heteroatoms. The molecule has 3 aliphatic heterocycles. The van der Waals surface area contributed by atoms with E-state index in [0.29, 0.717) is 43.6 Å². The van der Waals surface area contributed by atoms with Crippen LogP contribution in [-0.2, 0) is 27.2 Å². The minimum atomic E-state index is -0.626. The number of carbonyl (C=O) groups excluding carboxylic acids is 3. The molecule has 156 valence electrons. The predicted octanol–water partition coefficient (Wildman–Crippen LogP) is 1.70. The van der Waals surface area contributed by atoms with E-state index < -0.39 is 11.8 Å². The van der Waals surface area contributed by atoms with Crippen LogP contribution in [0.25, 0.3) is 0 Å². The lowest BCUT2D eigenvalue weighted by atomic mass is 9.96. The topological polar surface area (TPSA) is 81.8 Å². The number of hydrogen-bond acceptors (Lipinski definition) is 4. The Morgan fingerprint density at radius 3 is 2.41 bits per heavy atom. The maximum atomic E-state index is 12.4. The second kappa shape index (κ2) is 8.14. The first-order chi connectivity index (χ1) is 13.9. The zero-order valence-electron chi connectivity index (χ0n) is 17.3. The first-order valence-corrected chi connectivity index (χ1v) is 10.7. The third-order valence-corrected chi connectivity index (χ3v) is 6.45. The van der Waals surface area contributed by atoms with Crippen molar-refractivity contribution in [3.63, 3.8) is 0 Å². The molecule has 0 radical (unpaired) electrons. The smallest absolute Gasteiger partial charge is 0.313 e. The maximum Gasteiger partial charge on any atom is 0.313 e. The first kappa shape index (κ1) is 19.9.